The monoisotopic (exact) mass is 289 g/mol. The first-order chi connectivity index (χ1) is 9.62. The van der Waals surface area contributed by atoms with Crippen molar-refractivity contribution < 1.29 is 9.53 Å². The SMILES string of the molecule is COC(=O)c1cccc(Nc2cc(C)nc(SC)n2)c1. The highest BCUT2D eigenvalue weighted by molar-refractivity contribution is 7.98. The van der Waals surface area contributed by atoms with Crippen LogP contribution in [-0.4, -0.2) is 29.3 Å². The van der Waals surface area contributed by atoms with Crippen molar-refractivity contribution in [2.24, 2.45) is 0 Å². The number of benzene rings is 1. The van der Waals surface area contributed by atoms with Gasteiger partial charge in [0.25, 0.3) is 0 Å². The highest BCUT2D eigenvalue weighted by Gasteiger charge is 2.07. The molecule has 1 aromatic heterocycles. The van der Waals surface area contributed by atoms with Crippen molar-refractivity contribution >= 4 is 29.2 Å². The molecular weight excluding hydrogens is 274 g/mol. The number of anilines is 2. The van der Waals surface area contributed by atoms with E-state index in [2.05, 4.69) is 15.3 Å². The van der Waals surface area contributed by atoms with Gasteiger partial charge in [0.1, 0.15) is 5.82 Å². The molecule has 0 radical (unpaired) electrons. The van der Waals surface area contributed by atoms with Gasteiger partial charge in [-0.15, -0.1) is 0 Å². The summed E-state index contributed by atoms with van der Waals surface area (Å²) in [5.74, 6) is 0.334. The number of carbonyl (C=O) groups excluding carboxylic acids is 1. The molecule has 0 spiro atoms. The van der Waals surface area contributed by atoms with E-state index in [1.165, 1.54) is 18.9 Å². The molecule has 0 fully saturated rings. The molecule has 1 aromatic carbocycles. The molecule has 0 saturated carbocycles. The Balaban J connectivity index is 2.26. The van der Waals surface area contributed by atoms with Gasteiger partial charge in [0.2, 0.25) is 0 Å². The molecule has 6 heteroatoms. The van der Waals surface area contributed by atoms with Crippen LogP contribution in [0.25, 0.3) is 0 Å². The van der Waals surface area contributed by atoms with Gasteiger partial charge in [-0.25, -0.2) is 14.8 Å². The molecule has 1 heterocycles. The number of ether oxygens (including phenoxy) is 1. The highest BCUT2D eigenvalue weighted by atomic mass is 32.2. The molecule has 0 atom stereocenters. The normalized spacial score (nSPS) is 10.2. The molecule has 0 unspecified atom stereocenters. The van der Waals surface area contributed by atoms with Crippen LogP contribution in [0.5, 0.6) is 0 Å². The minimum Gasteiger partial charge on any atom is -0.465 e. The number of hydrogen-bond acceptors (Lipinski definition) is 6. The first kappa shape index (κ1) is 14.3. The Hall–Kier alpha value is -2.08. The summed E-state index contributed by atoms with van der Waals surface area (Å²) >= 11 is 1.48. The van der Waals surface area contributed by atoms with Gasteiger partial charge in [0.15, 0.2) is 5.16 Å². The Morgan fingerprint density at radius 1 is 1.30 bits per heavy atom. The fraction of sp³-hybridized carbons (Fsp3) is 0.214. The van der Waals surface area contributed by atoms with E-state index in [-0.39, 0.29) is 5.97 Å². The summed E-state index contributed by atoms with van der Waals surface area (Å²) in [6.07, 6.45) is 1.93. The molecule has 0 aliphatic carbocycles. The first-order valence-electron chi connectivity index (χ1n) is 5.97. The number of esters is 1. The third-order valence-corrected chi connectivity index (χ3v) is 3.12. The summed E-state index contributed by atoms with van der Waals surface area (Å²) in [4.78, 5) is 20.2. The summed E-state index contributed by atoms with van der Waals surface area (Å²) in [6, 6.07) is 8.93. The molecule has 2 aromatic rings. The fourth-order valence-corrected chi connectivity index (χ4v) is 2.11. The van der Waals surface area contributed by atoms with Crippen LogP contribution in [0.2, 0.25) is 0 Å². The number of rotatable bonds is 4. The van der Waals surface area contributed by atoms with Crippen LogP contribution in [0.4, 0.5) is 11.5 Å². The Bertz CT molecular complexity index is 632. The van der Waals surface area contributed by atoms with Gasteiger partial charge >= 0.3 is 5.97 Å². The maximum Gasteiger partial charge on any atom is 0.337 e. The maximum absolute atomic E-state index is 11.5. The average Bonchev–Trinajstić information content (AvgIpc) is 2.46. The molecule has 1 N–H and O–H groups in total. The zero-order valence-corrected chi connectivity index (χ0v) is 12.3. The zero-order chi connectivity index (χ0) is 14.5. The van der Waals surface area contributed by atoms with Crippen molar-refractivity contribution in [1.82, 2.24) is 9.97 Å². The van der Waals surface area contributed by atoms with Crippen molar-refractivity contribution in [3.8, 4) is 0 Å². The second kappa shape index (κ2) is 6.38. The van der Waals surface area contributed by atoms with Crippen LogP contribution < -0.4 is 5.32 Å². The summed E-state index contributed by atoms with van der Waals surface area (Å²) in [7, 11) is 1.36. The van der Waals surface area contributed by atoms with Crippen molar-refractivity contribution in [2.45, 2.75) is 12.1 Å². The van der Waals surface area contributed by atoms with Gasteiger partial charge in [-0.3, -0.25) is 0 Å². The number of methoxy groups -OCH3 is 1. The smallest absolute Gasteiger partial charge is 0.337 e. The number of nitrogens with one attached hydrogen (secondary N) is 1. The fourth-order valence-electron chi connectivity index (χ4n) is 1.69. The summed E-state index contributed by atoms with van der Waals surface area (Å²) < 4.78 is 4.70. The molecule has 104 valence electrons. The largest absolute Gasteiger partial charge is 0.465 e. The first-order valence-corrected chi connectivity index (χ1v) is 7.20. The number of carbonyl (C=O) groups is 1. The van der Waals surface area contributed by atoms with Gasteiger partial charge in [-0.05, 0) is 31.4 Å². The van der Waals surface area contributed by atoms with Crippen LogP contribution in [-0.2, 0) is 4.74 Å². The summed E-state index contributed by atoms with van der Waals surface area (Å²) in [5.41, 5.74) is 2.15. The van der Waals surface area contributed by atoms with Crippen molar-refractivity contribution in [3.63, 3.8) is 0 Å². The van der Waals surface area contributed by atoms with E-state index in [0.717, 1.165) is 11.4 Å². The Morgan fingerprint density at radius 3 is 2.80 bits per heavy atom. The molecular formula is C14H15N3O2S. The van der Waals surface area contributed by atoms with Gasteiger partial charge in [-0.1, -0.05) is 17.8 Å². The van der Waals surface area contributed by atoms with Crippen LogP contribution in [0.1, 0.15) is 16.1 Å². The third-order valence-electron chi connectivity index (χ3n) is 2.57. The molecule has 20 heavy (non-hydrogen) atoms. The summed E-state index contributed by atoms with van der Waals surface area (Å²) in [6.45, 7) is 1.91. The minimum absolute atomic E-state index is 0.364. The zero-order valence-electron chi connectivity index (χ0n) is 11.5. The molecule has 0 aliphatic heterocycles. The number of thioether (sulfide) groups is 1. The third kappa shape index (κ3) is 3.48. The number of aryl methyl sites for hydroxylation is 1. The lowest BCUT2D eigenvalue weighted by atomic mass is 10.2. The highest BCUT2D eigenvalue weighted by Crippen LogP contribution is 2.19. The van der Waals surface area contributed by atoms with Crippen molar-refractivity contribution in [3.05, 3.63) is 41.6 Å². The predicted octanol–water partition coefficient (Wildman–Crippen LogP) is 3.04. The maximum atomic E-state index is 11.5. The minimum atomic E-state index is -0.364. The van der Waals surface area contributed by atoms with Gasteiger partial charge in [0.05, 0.1) is 12.7 Å². The Morgan fingerprint density at radius 2 is 2.10 bits per heavy atom. The lowest BCUT2D eigenvalue weighted by Crippen LogP contribution is -2.02. The quantitative estimate of drug-likeness (QED) is 0.530. The van der Waals surface area contributed by atoms with Crippen LogP contribution >= 0.6 is 11.8 Å². The lowest BCUT2D eigenvalue weighted by molar-refractivity contribution is 0.0601. The van der Waals surface area contributed by atoms with E-state index in [0.29, 0.717) is 16.5 Å². The predicted molar refractivity (Wildman–Crippen MR) is 79.6 cm³/mol. The number of nitrogens with zero attached hydrogens (tertiary/aromatic N) is 2. The van der Waals surface area contributed by atoms with Crippen LogP contribution in [0.3, 0.4) is 0 Å². The van der Waals surface area contributed by atoms with Crippen molar-refractivity contribution in [2.75, 3.05) is 18.7 Å². The number of aromatic nitrogens is 2. The van der Waals surface area contributed by atoms with E-state index in [1.54, 1.807) is 18.2 Å². The Labute approximate surface area is 121 Å². The molecule has 0 aliphatic rings. The molecule has 0 amide bonds. The second-order valence-electron chi connectivity index (χ2n) is 4.08. The van der Waals surface area contributed by atoms with Crippen molar-refractivity contribution in [1.29, 1.82) is 0 Å². The van der Waals surface area contributed by atoms with Crippen LogP contribution in [0.15, 0.2) is 35.5 Å². The van der Waals surface area contributed by atoms with E-state index in [4.69, 9.17) is 4.74 Å². The molecule has 0 saturated heterocycles. The van der Waals surface area contributed by atoms with E-state index in [1.807, 2.05) is 25.3 Å². The van der Waals surface area contributed by atoms with Crippen LogP contribution in [0, 0.1) is 6.92 Å². The topological polar surface area (TPSA) is 64.1 Å². The van der Waals surface area contributed by atoms with E-state index < -0.39 is 0 Å². The standard InChI is InChI=1S/C14H15N3O2S/c1-9-7-12(17-14(15-9)20-3)16-11-6-4-5-10(8-11)13(18)19-2/h4-8H,1-3H3,(H,15,16,17). The lowest BCUT2D eigenvalue weighted by Gasteiger charge is -2.08. The van der Waals surface area contributed by atoms with E-state index in [9.17, 15) is 4.79 Å². The molecule has 0 bridgehead atoms. The molecule has 2 rings (SSSR count). The van der Waals surface area contributed by atoms with E-state index >= 15 is 0 Å². The van der Waals surface area contributed by atoms with Gasteiger partial charge < -0.3 is 10.1 Å². The molecule has 5 nitrogen and oxygen atoms in total. The summed E-state index contributed by atoms with van der Waals surface area (Å²) in [5, 5.41) is 3.87. The average molecular weight is 289 g/mol. The van der Waals surface area contributed by atoms with Gasteiger partial charge in [0, 0.05) is 17.4 Å². The number of hydrogen-bond donors (Lipinski definition) is 1. The van der Waals surface area contributed by atoms with Gasteiger partial charge in [-0.2, -0.15) is 0 Å². The second-order valence-corrected chi connectivity index (χ2v) is 4.85. The Kier molecular flexibility index (Phi) is 4.57.